The molecule has 1 aromatic carbocycles. The van der Waals surface area contributed by atoms with Gasteiger partial charge in [-0.1, -0.05) is 64.4 Å². The summed E-state index contributed by atoms with van der Waals surface area (Å²) in [4.78, 5) is 0. The summed E-state index contributed by atoms with van der Waals surface area (Å²) in [6.45, 7) is 9.36. The molecule has 1 rings (SSSR count). The third-order valence-electron chi connectivity index (χ3n) is 3.33. The van der Waals surface area contributed by atoms with Crippen LogP contribution in [-0.2, 0) is 0 Å². The van der Waals surface area contributed by atoms with E-state index in [4.69, 9.17) is 0 Å². The van der Waals surface area contributed by atoms with Crippen LogP contribution in [-0.4, -0.2) is 0 Å². The van der Waals surface area contributed by atoms with Crippen LogP contribution in [0.3, 0.4) is 0 Å². The van der Waals surface area contributed by atoms with Gasteiger partial charge in [-0.2, -0.15) is 0 Å². The molecule has 0 heteroatoms. The zero-order valence-electron chi connectivity index (χ0n) is 11.2. The van der Waals surface area contributed by atoms with Gasteiger partial charge in [0.2, 0.25) is 0 Å². The molecule has 16 heavy (non-hydrogen) atoms. The maximum absolute atomic E-state index is 2.39. The van der Waals surface area contributed by atoms with Gasteiger partial charge < -0.3 is 0 Å². The SMILES string of the molecule is CC(C)CC(C)CCC(C)c1ccccc1. The number of rotatable bonds is 6. The van der Waals surface area contributed by atoms with Gasteiger partial charge in [0.1, 0.15) is 0 Å². The lowest BCUT2D eigenvalue weighted by molar-refractivity contribution is 0.395. The third-order valence-corrected chi connectivity index (χ3v) is 3.33. The molecule has 0 saturated heterocycles. The minimum absolute atomic E-state index is 0.704. The van der Waals surface area contributed by atoms with E-state index in [-0.39, 0.29) is 0 Å². The molecule has 0 bridgehead atoms. The summed E-state index contributed by atoms with van der Waals surface area (Å²) in [5.41, 5.74) is 1.49. The van der Waals surface area contributed by atoms with E-state index < -0.39 is 0 Å². The summed E-state index contributed by atoms with van der Waals surface area (Å²) >= 11 is 0. The van der Waals surface area contributed by atoms with Crippen LogP contribution in [0.1, 0.15) is 58.4 Å². The molecule has 0 aliphatic carbocycles. The minimum atomic E-state index is 0.704. The highest BCUT2D eigenvalue weighted by Gasteiger charge is 2.09. The number of hydrogen-bond acceptors (Lipinski definition) is 0. The van der Waals surface area contributed by atoms with Crippen LogP contribution in [0, 0.1) is 11.8 Å². The maximum Gasteiger partial charge on any atom is -0.0190 e. The second-order valence-corrected chi connectivity index (χ2v) is 5.62. The molecule has 0 saturated carbocycles. The van der Waals surface area contributed by atoms with Crippen LogP contribution in [0.15, 0.2) is 30.3 Å². The first-order valence-corrected chi connectivity index (χ1v) is 6.64. The van der Waals surface area contributed by atoms with Crippen molar-refractivity contribution in [3.05, 3.63) is 35.9 Å². The highest BCUT2D eigenvalue weighted by Crippen LogP contribution is 2.25. The van der Waals surface area contributed by atoms with E-state index in [1.54, 1.807) is 0 Å². The minimum Gasteiger partial charge on any atom is -0.0628 e. The van der Waals surface area contributed by atoms with Gasteiger partial charge in [0, 0.05) is 0 Å². The quantitative estimate of drug-likeness (QED) is 0.611. The Balaban J connectivity index is 2.33. The van der Waals surface area contributed by atoms with Gasteiger partial charge in [0.25, 0.3) is 0 Å². The molecule has 0 aliphatic rings. The first kappa shape index (κ1) is 13.3. The van der Waals surface area contributed by atoms with Gasteiger partial charge in [-0.25, -0.2) is 0 Å². The van der Waals surface area contributed by atoms with E-state index in [9.17, 15) is 0 Å². The van der Waals surface area contributed by atoms with Crippen molar-refractivity contribution in [3.8, 4) is 0 Å². The lowest BCUT2D eigenvalue weighted by Gasteiger charge is -2.17. The molecule has 90 valence electrons. The third kappa shape index (κ3) is 4.83. The van der Waals surface area contributed by atoms with Gasteiger partial charge in [-0.3, -0.25) is 0 Å². The normalized spacial score (nSPS) is 15.1. The molecular formula is C16H26. The monoisotopic (exact) mass is 218 g/mol. The van der Waals surface area contributed by atoms with Crippen LogP contribution < -0.4 is 0 Å². The van der Waals surface area contributed by atoms with Gasteiger partial charge in [0.05, 0.1) is 0 Å². The van der Waals surface area contributed by atoms with Crippen molar-refractivity contribution in [3.63, 3.8) is 0 Å². The molecule has 0 spiro atoms. The van der Waals surface area contributed by atoms with E-state index in [0.717, 1.165) is 11.8 Å². The van der Waals surface area contributed by atoms with Crippen LogP contribution in [0.4, 0.5) is 0 Å². The van der Waals surface area contributed by atoms with E-state index in [2.05, 4.69) is 58.0 Å². The van der Waals surface area contributed by atoms with Gasteiger partial charge in [-0.15, -0.1) is 0 Å². The predicted octanol–water partition coefficient (Wildman–Crippen LogP) is 5.25. The topological polar surface area (TPSA) is 0 Å². The average molecular weight is 218 g/mol. The smallest absolute Gasteiger partial charge is 0.0190 e. The molecule has 0 N–H and O–H groups in total. The summed E-state index contributed by atoms with van der Waals surface area (Å²) < 4.78 is 0. The zero-order chi connectivity index (χ0) is 12.0. The Morgan fingerprint density at radius 1 is 0.875 bits per heavy atom. The number of benzene rings is 1. The zero-order valence-corrected chi connectivity index (χ0v) is 11.2. The summed E-state index contributed by atoms with van der Waals surface area (Å²) in [5, 5.41) is 0. The Bertz CT molecular complexity index is 273. The lowest BCUT2D eigenvalue weighted by atomic mass is 9.89. The highest BCUT2D eigenvalue weighted by atomic mass is 14.1. The van der Waals surface area contributed by atoms with Crippen molar-refractivity contribution in [2.24, 2.45) is 11.8 Å². The maximum atomic E-state index is 2.39. The highest BCUT2D eigenvalue weighted by molar-refractivity contribution is 5.18. The molecule has 0 radical (unpaired) electrons. The lowest BCUT2D eigenvalue weighted by Crippen LogP contribution is -2.02. The fourth-order valence-electron chi connectivity index (χ4n) is 2.41. The van der Waals surface area contributed by atoms with E-state index >= 15 is 0 Å². The molecule has 0 fully saturated rings. The average Bonchev–Trinajstić information content (AvgIpc) is 2.26. The standard InChI is InChI=1S/C16H26/c1-13(2)12-14(3)10-11-15(4)16-8-6-5-7-9-16/h5-9,13-15H,10-12H2,1-4H3. The Hall–Kier alpha value is -0.780. The molecule has 0 aromatic heterocycles. The summed E-state index contributed by atoms with van der Waals surface area (Å²) in [6.07, 6.45) is 4.04. The summed E-state index contributed by atoms with van der Waals surface area (Å²) in [7, 11) is 0. The Kier molecular flexibility index (Phi) is 5.59. The Labute approximate surface area is 101 Å². The van der Waals surface area contributed by atoms with Crippen LogP contribution >= 0.6 is 0 Å². The molecule has 2 atom stereocenters. The van der Waals surface area contributed by atoms with Gasteiger partial charge in [-0.05, 0) is 36.2 Å². The van der Waals surface area contributed by atoms with E-state index in [1.807, 2.05) is 0 Å². The van der Waals surface area contributed by atoms with Crippen molar-refractivity contribution in [2.45, 2.75) is 52.9 Å². The van der Waals surface area contributed by atoms with Crippen molar-refractivity contribution in [2.75, 3.05) is 0 Å². The largest absolute Gasteiger partial charge is 0.0628 e. The second kappa shape index (κ2) is 6.73. The van der Waals surface area contributed by atoms with Crippen molar-refractivity contribution in [1.82, 2.24) is 0 Å². The van der Waals surface area contributed by atoms with Gasteiger partial charge >= 0.3 is 0 Å². The van der Waals surface area contributed by atoms with Crippen molar-refractivity contribution < 1.29 is 0 Å². The molecule has 0 heterocycles. The molecular weight excluding hydrogens is 192 g/mol. The van der Waals surface area contributed by atoms with Crippen LogP contribution in [0.25, 0.3) is 0 Å². The predicted molar refractivity (Wildman–Crippen MR) is 72.7 cm³/mol. The molecule has 0 aliphatic heterocycles. The Morgan fingerprint density at radius 3 is 2.06 bits per heavy atom. The molecule has 0 amide bonds. The Morgan fingerprint density at radius 2 is 1.50 bits per heavy atom. The van der Waals surface area contributed by atoms with Crippen LogP contribution in [0.2, 0.25) is 0 Å². The second-order valence-electron chi connectivity index (χ2n) is 5.62. The summed E-state index contributed by atoms with van der Waals surface area (Å²) in [5.74, 6) is 2.41. The number of hydrogen-bond donors (Lipinski definition) is 0. The van der Waals surface area contributed by atoms with E-state index in [0.29, 0.717) is 5.92 Å². The molecule has 0 nitrogen and oxygen atoms in total. The first-order chi connectivity index (χ1) is 7.59. The fraction of sp³-hybridized carbons (Fsp3) is 0.625. The fourth-order valence-corrected chi connectivity index (χ4v) is 2.41. The van der Waals surface area contributed by atoms with Gasteiger partial charge in [0.15, 0.2) is 0 Å². The van der Waals surface area contributed by atoms with Crippen molar-refractivity contribution in [1.29, 1.82) is 0 Å². The first-order valence-electron chi connectivity index (χ1n) is 6.64. The van der Waals surface area contributed by atoms with Crippen molar-refractivity contribution >= 4 is 0 Å². The van der Waals surface area contributed by atoms with Crippen LogP contribution in [0.5, 0.6) is 0 Å². The van der Waals surface area contributed by atoms with E-state index in [1.165, 1.54) is 24.8 Å². The summed E-state index contributed by atoms with van der Waals surface area (Å²) in [6, 6.07) is 10.9. The molecule has 1 aromatic rings. The molecule has 2 unspecified atom stereocenters.